The molecule has 3 heteroatoms. The van der Waals surface area contributed by atoms with Gasteiger partial charge in [-0.3, -0.25) is 4.79 Å². The normalized spacial score (nSPS) is 19.8. The fourth-order valence-electron chi connectivity index (χ4n) is 2.48. The van der Waals surface area contributed by atoms with Crippen molar-refractivity contribution >= 4 is 5.91 Å². The van der Waals surface area contributed by atoms with E-state index in [4.69, 9.17) is 4.74 Å². The summed E-state index contributed by atoms with van der Waals surface area (Å²) in [5.74, 6) is 0.655. The Morgan fingerprint density at radius 2 is 2.15 bits per heavy atom. The minimum absolute atomic E-state index is 0.0405. The number of hydrogen-bond acceptors (Lipinski definition) is 2. The van der Waals surface area contributed by atoms with E-state index >= 15 is 0 Å². The Morgan fingerprint density at radius 1 is 1.40 bits per heavy atom. The zero-order valence-corrected chi connectivity index (χ0v) is 12.5. The molecule has 1 aliphatic rings. The summed E-state index contributed by atoms with van der Waals surface area (Å²) in [4.78, 5) is 11.8. The third-order valence-electron chi connectivity index (χ3n) is 4.10. The lowest BCUT2D eigenvalue weighted by molar-refractivity contribution is -0.129. The molecule has 110 valence electrons. The van der Waals surface area contributed by atoms with Crippen LogP contribution >= 0.6 is 0 Å². The summed E-state index contributed by atoms with van der Waals surface area (Å²) in [6, 6.07) is 8.73. The zero-order chi connectivity index (χ0) is 14.4. The molecule has 0 spiro atoms. The molecular formula is C17H25NO2. The molecule has 2 atom stereocenters. The first kappa shape index (κ1) is 15.0. The molecule has 0 aliphatic carbocycles. The van der Waals surface area contributed by atoms with Crippen molar-refractivity contribution in [3.8, 4) is 0 Å². The van der Waals surface area contributed by atoms with Gasteiger partial charge in [-0.15, -0.1) is 0 Å². The van der Waals surface area contributed by atoms with Gasteiger partial charge in [0.2, 0.25) is 5.91 Å². The predicted octanol–water partition coefficient (Wildman–Crippen LogP) is 3.04. The average molecular weight is 275 g/mol. The zero-order valence-electron chi connectivity index (χ0n) is 12.5. The van der Waals surface area contributed by atoms with Crippen LogP contribution < -0.4 is 5.32 Å². The van der Waals surface area contributed by atoms with Crippen LogP contribution in [0.5, 0.6) is 0 Å². The maximum atomic E-state index is 11.8. The van der Waals surface area contributed by atoms with Crippen molar-refractivity contribution in [2.75, 3.05) is 13.2 Å². The van der Waals surface area contributed by atoms with Crippen molar-refractivity contribution in [3.05, 3.63) is 35.4 Å². The third-order valence-corrected chi connectivity index (χ3v) is 4.10. The van der Waals surface area contributed by atoms with Crippen molar-refractivity contribution in [1.82, 2.24) is 5.32 Å². The van der Waals surface area contributed by atoms with Gasteiger partial charge in [0.05, 0.1) is 0 Å². The second-order valence-corrected chi connectivity index (χ2v) is 5.59. The van der Waals surface area contributed by atoms with Gasteiger partial charge in [0, 0.05) is 13.2 Å². The number of amides is 1. The summed E-state index contributed by atoms with van der Waals surface area (Å²) in [7, 11) is 0. The van der Waals surface area contributed by atoms with E-state index in [9.17, 15) is 4.79 Å². The average Bonchev–Trinajstić information content (AvgIpc) is 3.01. The first-order valence-electron chi connectivity index (χ1n) is 7.69. The van der Waals surface area contributed by atoms with Crippen LogP contribution in [0.2, 0.25) is 0 Å². The van der Waals surface area contributed by atoms with E-state index in [1.54, 1.807) is 0 Å². The topological polar surface area (TPSA) is 38.3 Å². The molecule has 0 saturated carbocycles. The van der Waals surface area contributed by atoms with Gasteiger partial charge in [0.1, 0.15) is 6.10 Å². The van der Waals surface area contributed by atoms with E-state index in [1.165, 1.54) is 11.1 Å². The number of rotatable bonds is 6. The number of ether oxygens (including phenoxy) is 1. The van der Waals surface area contributed by atoms with Crippen LogP contribution in [0.15, 0.2) is 24.3 Å². The highest BCUT2D eigenvalue weighted by atomic mass is 16.5. The van der Waals surface area contributed by atoms with Gasteiger partial charge >= 0.3 is 0 Å². The van der Waals surface area contributed by atoms with Gasteiger partial charge in [-0.2, -0.15) is 0 Å². The fourth-order valence-corrected chi connectivity index (χ4v) is 2.48. The van der Waals surface area contributed by atoms with Crippen molar-refractivity contribution < 1.29 is 9.53 Å². The summed E-state index contributed by atoms with van der Waals surface area (Å²) < 4.78 is 5.36. The Balaban J connectivity index is 1.75. The first-order chi connectivity index (χ1) is 9.70. The van der Waals surface area contributed by atoms with Gasteiger partial charge in [0.15, 0.2) is 0 Å². The molecule has 2 rings (SSSR count). The second-order valence-electron chi connectivity index (χ2n) is 5.59. The maximum absolute atomic E-state index is 11.8. The molecule has 1 amide bonds. The highest BCUT2D eigenvalue weighted by Gasteiger charge is 2.22. The number of carbonyl (C=O) groups excluding carboxylic acids is 1. The Labute approximate surface area is 121 Å². The van der Waals surface area contributed by atoms with Gasteiger partial charge in [-0.25, -0.2) is 0 Å². The SMILES string of the molecule is CCC(C)c1ccc(CCNC(=O)C2CCCO2)cc1. The summed E-state index contributed by atoms with van der Waals surface area (Å²) >= 11 is 0. The first-order valence-corrected chi connectivity index (χ1v) is 7.69. The molecule has 0 aromatic heterocycles. The Hall–Kier alpha value is -1.35. The van der Waals surface area contributed by atoms with Gasteiger partial charge in [0.25, 0.3) is 0 Å². The van der Waals surface area contributed by atoms with Crippen LogP contribution in [0.4, 0.5) is 0 Å². The highest BCUT2D eigenvalue weighted by molar-refractivity contribution is 5.80. The van der Waals surface area contributed by atoms with Crippen LogP contribution in [0.1, 0.15) is 50.2 Å². The quantitative estimate of drug-likeness (QED) is 0.866. The molecule has 1 aromatic carbocycles. The van der Waals surface area contributed by atoms with E-state index in [1.807, 2.05) is 0 Å². The van der Waals surface area contributed by atoms with E-state index < -0.39 is 0 Å². The Kier molecular flexibility index (Phi) is 5.60. The molecule has 1 aromatic rings. The number of hydrogen-bond donors (Lipinski definition) is 1. The molecule has 0 bridgehead atoms. The molecule has 1 saturated heterocycles. The molecule has 3 nitrogen and oxygen atoms in total. The lowest BCUT2D eigenvalue weighted by Crippen LogP contribution is -2.35. The minimum atomic E-state index is -0.220. The van der Waals surface area contributed by atoms with Crippen LogP contribution in [-0.4, -0.2) is 25.2 Å². The van der Waals surface area contributed by atoms with E-state index in [2.05, 4.69) is 43.4 Å². The third kappa shape index (κ3) is 4.07. The van der Waals surface area contributed by atoms with E-state index in [0.29, 0.717) is 12.5 Å². The summed E-state index contributed by atoms with van der Waals surface area (Å²) in [6.45, 7) is 5.85. The lowest BCUT2D eigenvalue weighted by Gasteiger charge is -2.11. The van der Waals surface area contributed by atoms with Crippen LogP contribution in [0, 0.1) is 0 Å². The van der Waals surface area contributed by atoms with Crippen molar-refractivity contribution in [2.24, 2.45) is 0 Å². The summed E-state index contributed by atoms with van der Waals surface area (Å²) in [5, 5.41) is 2.96. The van der Waals surface area contributed by atoms with Crippen molar-refractivity contribution in [3.63, 3.8) is 0 Å². The van der Waals surface area contributed by atoms with Gasteiger partial charge < -0.3 is 10.1 Å². The standard InChI is InChI=1S/C17H25NO2/c1-3-13(2)15-8-6-14(7-9-15)10-11-18-17(19)16-5-4-12-20-16/h6-9,13,16H,3-5,10-12H2,1-2H3,(H,18,19). The molecular weight excluding hydrogens is 250 g/mol. The van der Waals surface area contributed by atoms with Gasteiger partial charge in [-0.1, -0.05) is 38.1 Å². The van der Waals surface area contributed by atoms with Crippen LogP contribution in [0.25, 0.3) is 0 Å². The molecule has 1 aliphatic heterocycles. The van der Waals surface area contributed by atoms with Crippen molar-refractivity contribution in [1.29, 1.82) is 0 Å². The molecule has 20 heavy (non-hydrogen) atoms. The van der Waals surface area contributed by atoms with Crippen molar-refractivity contribution in [2.45, 2.75) is 51.6 Å². The van der Waals surface area contributed by atoms with Crippen LogP contribution in [-0.2, 0) is 16.0 Å². The molecule has 1 heterocycles. The highest BCUT2D eigenvalue weighted by Crippen LogP contribution is 2.18. The number of carbonyl (C=O) groups is 1. The Bertz CT molecular complexity index is 421. The Morgan fingerprint density at radius 3 is 2.75 bits per heavy atom. The number of nitrogens with one attached hydrogen (secondary N) is 1. The van der Waals surface area contributed by atoms with E-state index in [0.717, 1.165) is 32.3 Å². The second kappa shape index (κ2) is 7.44. The minimum Gasteiger partial charge on any atom is -0.368 e. The number of benzene rings is 1. The van der Waals surface area contributed by atoms with Gasteiger partial charge in [-0.05, 0) is 42.7 Å². The molecule has 1 N–H and O–H groups in total. The predicted molar refractivity (Wildman–Crippen MR) is 80.8 cm³/mol. The molecule has 0 radical (unpaired) electrons. The lowest BCUT2D eigenvalue weighted by atomic mass is 9.97. The summed E-state index contributed by atoms with van der Waals surface area (Å²) in [5.41, 5.74) is 2.66. The molecule has 1 fully saturated rings. The largest absolute Gasteiger partial charge is 0.368 e. The smallest absolute Gasteiger partial charge is 0.249 e. The fraction of sp³-hybridized carbons (Fsp3) is 0.588. The van der Waals surface area contributed by atoms with Crippen LogP contribution in [0.3, 0.4) is 0 Å². The summed E-state index contributed by atoms with van der Waals surface area (Å²) in [6.07, 6.45) is 3.67. The maximum Gasteiger partial charge on any atom is 0.249 e. The molecule has 2 unspecified atom stereocenters. The van der Waals surface area contributed by atoms with E-state index in [-0.39, 0.29) is 12.0 Å². The monoisotopic (exact) mass is 275 g/mol.